The number of ether oxygens (including phenoxy) is 1. The summed E-state index contributed by atoms with van der Waals surface area (Å²) < 4.78 is 5.87. The van der Waals surface area contributed by atoms with E-state index in [9.17, 15) is 4.79 Å². The van der Waals surface area contributed by atoms with Crippen LogP contribution in [0.2, 0.25) is 0 Å². The number of pyridine rings is 1. The van der Waals surface area contributed by atoms with Crippen LogP contribution in [0.3, 0.4) is 0 Å². The largest absolute Gasteiger partial charge is 0.493 e. The molecule has 1 amide bonds. The molecule has 2 aliphatic heterocycles. The maximum Gasteiger partial charge on any atom is 0.255 e. The molecule has 2 aromatic rings. The molecule has 1 saturated heterocycles. The summed E-state index contributed by atoms with van der Waals surface area (Å²) in [7, 11) is 0. The minimum atomic E-state index is 0.0915. The van der Waals surface area contributed by atoms with E-state index in [1.54, 1.807) is 12.4 Å². The van der Waals surface area contributed by atoms with Crippen molar-refractivity contribution >= 4 is 5.91 Å². The molecule has 0 bridgehead atoms. The zero-order chi connectivity index (χ0) is 17.8. The molecule has 1 fully saturated rings. The lowest BCUT2D eigenvalue weighted by molar-refractivity contribution is 0.0702. The topological polar surface area (TPSA) is 54.5 Å². The van der Waals surface area contributed by atoms with Crippen LogP contribution in [0.4, 0.5) is 0 Å². The van der Waals surface area contributed by atoms with Crippen molar-refractivity contribution < 1.29 is 9.53 Å². The summed E-state index contributed by atoms with van der Waals surface area (Å²) in [5.41, 5.74) is 1.99. The van der Waals surface area contributed by atoms with E-state index < -0.39 is 0 Å². The van der Waals surface area contributed by atoms with E-state index in [4.69, 9.17) is 4.74 Å². The maximum atomic E-state index is 12.5. The molecule has 4 rings (SSSR count). The minimum absolute atomic E-state index is 0.0915. The number of piperidine rings is 1. The van der Waals surface area contributed by atoms with E-state index in [0.29, 0.717) is 17.5 Å². The Labute approximate surface area is 154 Å². The van der Waals surface area contributed by atoms with Gasteiger partial charge in [0, 0.05) is 44.0 Å². The molecule has 26 heavy (non-hydrogen) atoms. The van der Waals surface area contributed by atoms with E-state index >= 15 is 0 Å². The van der Waals surface area contributed by atoms with Crippen molar-refractivity contribution in [3.05, 3.63) is 59.9 Å². The zero-order valence-corrected chi connectivity index (χ0v) is 14.9. The van der Waals surface area contributed by atoms with Gasteiger partial charge in [-0.1, -0.05) is 18.2 Å². The zero-order valence-electron chi connectivity index (χ0n) is 14.9. The van der Waals surface area contributed by atoms with Crippen LogP contribution in [-0.2, 0) is 6.42 Å². The maximum absolute atomic E-state index is 12.5. The second-order valence-corrected chi connectivity index (χ2v) is 7.21. The molecule has 1 aromatic carbocycles. The molecule has 0 radical (unpaired) electrons. The van der Waals surface area contributed by atoms with Gasteiger partial charge in [-0.05, 0) is 43.0 Å². The quantitative estimate of drug-likeness (QED) is 0.920. The third kappa shape index (κ3) is 3.88. The van der Waals surface area contributed by atoms with Crippen LogP contribution in [0.15, 0.2) is 48.8 Å². The van der Waals surface area contributed by atoms with Crippen molar-refractivity contribution in [1.82, 2.24) is 15.2 Å². The highest BCUT2D eigenvalue weighted by Crippen LogP contribution is 2.26. The number of carbonyl (C=O) groups excluding carboxylic acids is 1. The minimum Gasteiger partial charge on any atom is -0.493 e. The molecule has 0 aliphatic carbocycles. The van der Waals surface area contributed by atoms with E-state index in [2.05, 4.69) is 22.4 Å². The Hall–Kier alpha value is -2.40. The second-order valence-electron chi connectivity index (χ2n) is 7.21. The molecule has 0 spiro atoms. The summed E-state index contributed by atoms with van der Waals surface area (Å²) in [6, 6.07) is 12.4. The number of hydrogen-bond donors (Lipinski definition) is 1. The SMILES string of the molecule is O=C(c1cccnc1)N1CCC(NCC2COc3ccccc3C2)CC1. The predicted octanol–water partition coefficient (Wildman–Crippen LogP) is 2.53. The van der Waals surface area contributed by atoms with E-state index in [-0.39, 0.29) is 5.91 Å². The highest BCUT2D eigenvalue weighted by molar-refractivity contribution is 5.93. The number of rotatable bonds is 4. The number of para-hydroxylation sites is 1. The molecule has 0 saturated carbocycles. The van der Waals surface area contributed by atoms with Crippen LogP contribution in [0, 0.1) is 5.92 Å². The highest BCUT2D eigenvalue weighted by Gasteiger charge is 2.25. The Morgan fingerprint density at radius 2 is 2.04 bits per heavy atom. The fourth-order valence-corrected chi connectivity index (χ4v) is 3.81. The number of carbonyl (C=O) groups is 1. The fraction of sp³-hybridized carbons (Fsp3) is 0.429. The lowest BCUT2D eigenvalue weighted by Crippen LogP contribution is -2.46. The Morgan fingerprint density at radius 1 is 1.19 bits per heavy atom. The van der Waals surface area contributed by atoms with Crippen LogP contribution in [0.25, 0.3) is 0 Å². The van der Waals surface area contributed by atoms with Crippen LogP contribution in [-0.4, -0.2) is 48.1 Å². The first-order valence-electron chi connectivity index (χ1n) is 9.43. The van der Waals surface area contributed by atoms with Gasteiger partial charge in [-0.2, -0.15) is 0 Å². The lowest BCUT2D eigenvalue weighted by atomic mass is 9.95. The Kier molecular flexibility index (Phi) is 5.16. The average Bonchev–Trinajstić information content (AvgIpc) is 2.72. The molecular weight excluding hydrogens is 326 g/mol. The van der Waals surface area contributed by atoms with Crippen LogP contribution < -0.4 is 10.1 Å². The van der Waals surface area contributed by atoms with Gasteiger partial charge in [0.2, 0.25) is 0 Å². The van der Waals surface area contributed by atoms with Gasteiger partial charge in [-0.15, -0.1) is 0 Å². The number of hydrogen-bond acceptors (Lipinski definition) is 4. The first kappa shape index (κ1) is 17.0. The van der Waals surface area contributed by atoms with E-state index in [1.807, 2.05) is 29.2 Å². The normalized spacial score (nSPS) is 20.3. The number of likely N-dealkylation sites (tertiary alicyclic amines) is 1. The van der Waals surface area contributed by atoms with Gasteiger partial charge in [0.15, 0.2) is 0 Å². The number of nitrogens with one attached hydrogen (secondary N) is 1. The molecule has 5 heteroatoms. The molecule has 2 aliphatic rings. The van der Waals surface area contributed by atoms with Crippen molar-refractivity contribution in [2.45, 2.75) is 25.3 Å². The van der Waals surface area contributed by atoms with Crippen LogP contribution in [0.1, 0.15) is 28.8 Å². The summed E-state index contributed by atoms with van der Waals surface area (Å²) >= 11 is 0. The third-order valence-electron chi connectivity index (χ3n) is 5.34. The molecule has 1 aromatic heterocycles. The standard InChI is InChI=1S/C21H25N3O2/c25-21(18-5-3-9-22-14-18)24-10-7-19(8-11-24)23-13-16-12-17-4-1-2-6-20(17)26-15-16/h1-6,9,14,16,19,23H,7-8,10-13,15H2. The summed E-state index contributed by atoms with van der Waals surface area (Å²) in [6.07, 6.45) is 6.40. The molecular formula is C21H25N3O2. The molecule has 1 unspecified atom stereocenters. The summed E-state index contributed by atoms with van der Waals surface area (Å²) in [4.78, 5) is 18.5. The number of aromatic nitrogens is 1. The smallest absolute Gasteiger partial charge is 0.255 e. The number of nitrogens with zero attached hydrogens (tertiary/aromatic N) is 2. The lowest BCUT2D eigenvalue weighted by Gasteiger charge is -2.34. The second kappa shape index (κ2) is 7.87. The molecule has 136 valence electrons. The Balaban J connectivity index is 1.23. The summed E-state index contributed by atoms with van der Waals surface area (Å²) in [5.74, 6) is 1.64. The molecule has 5 nitrogen and oxygen atoms in total. The number of amides is 1. The van der Waals surface area contributed by atoms with E-state index in [0.717, 1.165) is 51.3 Å². The summed E-state index contributed by atoms with van der Waals surface area (Å²) in [5, 5.41) is 3.69. The molecule has 1 atom stereocenters. The number of benzene rings is 1. The van der Waals surface area contributed by atoms with Gasteiger partial charge in [0.1, 0.15) is 5.75 Å². The van der Waals surface area contributed by atoms with Gasteiger partial charge in [-0.25, -0.2) is 0 Å². The van der Waals surface area contributed by atoms with Crippen LogP contribution >= 0.6 is 0 Å². The Morgan fingerprint density at radius 3 is 2.85 bits per heavy atom. The van der Waals surface area contributed by atoms with Crippen molar-refractivity contribution in [3.63, 3.8) is 0 Å². The third-order valence-corrected chi connectivity index (χ3v) is 5.34. The summed E-state index contributed by atoms with van der Waals surface area (Å²) in [6.45, 7) is 3.35. The van der Waals surface area contributed by atoms with Gasteiger partial charge >= 0.3 is 0 Å². The van der Waals surface area contributed by atoms with Crippen molar-refractivity contribution in [3.8, 4) is 5.75 Å². The average molecular weight is 351 g/mol. The number of fused-ring (bicyclic) bond motifs is 1. The fourth-order valence-electron chi connectivity index (χ4n) is 3.81. The van der Waals surface area contributed by atoms with E-state index in [1.165, 1.54) is 5.56 Å². The molecule has 1 N–H and O–H groups in total. The van der Waals surface area contributed by atoms with Gasteiger partial charge < -0.3 is 15.0 Å². The van der Waals surface area contributed by atoms with Gasteiger partial charge in [-0.3, -0.25) is 9.78 Å². The first-order chi connectivity index (χ1) is 12.8. The van der Waals surface area contributed by atoms with Crippen molar-refractivity contribution in [2.75, 3.05) is 26.2 Å². The van der Waals surface area contributed by atoms with Crippen LogP contribution in [0.5, 0.6) is 5.75 Å². The van der Waals surface area contributed by atoms with Gasteiger partial charge in [0.25, 0.3) is 5.91 Å². The highest BCUT2D eigenvalue weighted by atomic mass is 16.5. The predicted molar refractivity (Wildman–Crippen MR) is 100 cm³/mol. The monoisotopic (exact) mass is 351 g/mol. The van der Waals surface area contributed by atoms with Gasteiger partial charge in [0.05, 0.1) is 12.2 Å². The van der Waals surface area contributed by atoms with Crippen molar-refractivity contribution in [1.29, 1.82) is 0 Å². The van der Waals surface area contributed by atoms with Crippen molar-refractivity contribution in [2.24, 2.45) is 5.92 Å². The molecule has 3 heterocycles. The Bertz CT molecular complexity index is 742. The first-order valence-corrected chi connectivity index (χ1v) is 9.43.